The summed E-state index contributed by atoms with van der Waals surface area (Å²) in [4.78, 5) is 27.6. The Balaban J connectivity index is 1.79. The van der Waals surface area contributed by atoms with Crippen molar-refractivity contribution in [2.45, 2.75) is 6.54 Å². The van der Waals surface area contributed by atoms with Crippen LogP contribution < -0.4 is 15.5 Å². The number of carbonyl (C=O) groups is 2. The van der Waals surface area contributed by atoms with E-state index < -0.39 is 0 Å². The molecule has 1 heterocycles. The van der Waals surface area contributed by atoms with Crippen LogP contribution in [0.25, 0.3) is 0 Å². The highest BCUT2D eigenvalue weighted by Crippen LogP contribution is 2.26. The maximum Gasteiger partial charge on any atom is 0.321 e. The fourth-order valence-corrected chi connectivity index (χ4v) is 2.59. The molecule has 0 atom stereocenters. The molecule has 6 heteroatoms. The zero-order valence-electron chi connectivity index (χ0n) is 14.0. The molecule has 3 amide bonds. The molecule has 0 aromatic heterocycles. The van der Waals surface area contributed by atoms with Crippen molar-refractivity contribution in [1.82, 2.24) is 4.90 Å². The minimum Gasteiger partial charge on any atom is -0.378 e. The summed E-state index contributed by atoms with van der Waals surface area (Å²) in [5.41, 5.74) is 4.03. The Hall–Kier alpha value is -3.02. The number of amides is 3. The fraction of sp³-hybridized carbons (Fsp3) is 0.222. The highest BCUT2D eigenvalue weighted by molar-refractivity contribution is 6.05. The van der Waals surface area contributed by atoms with E-state index in [1.54, 1.807) is 24.1 Å². The van der Waals surface area contributed by atoms with Crippen molar-refractivity contribution in [3.05, 3.63) is 53.6 Å². The lowest BCUT2D eigenvalue weighted by molar-refractivity contribution is 0.102. The fourth-order valence-electron chi connectivity index (χ4n) is 2.59. The van der Waals surface area contributed by atoms with Crippen molar-refractivity contribution < 1.29 is 9.59 Å². The maximum absolute atomic E-state index is 12.5. The van der Waals surface area contributed by atoms with Gasteiger partial charge < -0.3 is 20.4 Å². The second-order valence-electron chi connectivity index (χ2n) is 6.06. The van der Waals surface area contributed by atoms with Gasteiger partial charge >= 0.3 is 6.03 Å². The number of anilines is 3. The Bertz CT molecular complexity index is 801. The second kappa shape index (κ2) is 6.23. The topological polar surface area (TPSA) is 64.7 Å². The van der Waals surface area contributed by atoms with Crippen LogP contribution in [0.1, 0.15) is 15.9 Å². The molecular formula is C18H20N4O2. The molecule has 0 spiro atoms. The lowest BCUT2D eigenvalue weighted by atomic mass is 10.1. The van der Waals surface area contributed by atoms with Crippen molar-refractivity contribution in [3.8, 4) is 0 Å². The molecular weight excluding hydrogens is 304 g/mol. The molecule has 0 saturated heterocycles. The Kier molecular flexibility index (Phi) is 4.12. The summed E-state index contributed by atoms with van der Waals surface area (Å²) < 4.78 is 0. The number of carbonyl (C=O) groups excluding carboxylic acids is 2. The van der Waals surface area contributed by atoms with Crippen LogP contribution in [0.3, 0.4) is 0 Å². The Morgan fingerprint density at radius 3 is 2.75 bits per heavy atom. The van der Waals surface area contributed by atoms with E-state index in [4.69, 9.17) is 0 Å². The quantitative estimate of drug-likeness (QED) is 0.912. The standard InChI is InChI=1S/C18H20N4O2/c1-21(2)15-6-4-5-12(10-15)17(23)19-14-7-8-16-13(9-14)11-22(3)18(24)20-16/h4-10H,11H2,1-3H3,(H,19,23)(H,20,24). The largest absolute Gasteiger partial charge is 0.378 e. The third-order valence-electron chi connectivity index (χ3n) is 3.98. The molecule has 0 bridgehead atoms. The summed E-state index contributed by atoms with van der Waals surface area (Å²) in [5.74, 6) is -0.160. The van der Waals surface area contributed by atoms with Crippen LogP contribution >= 0.6 is 0 Å². The number of hydrogen-bond acceptors (Lipinski definition) is 3. The third kappa shape index (κ3) is 3.17. The molecule has 2 N–H and O–H groups in total. The summed E-state index contributed by atoms with van der Waals surface area (Å²) in [6, 6.07) is 12.8. The zero-order valence-corrected chi connectivity index (χ0v) is 14.0. The van der Waals surface area contributed by atoms with Gasteiger partial charge in [-0.25, -0.2) is 4.79 Å². The molecule has 1 aliphatic rings. The van der Waals surface area contributed by atoms with Crippen LogP contribution in [-0.2, 0) is 6.54 Å². The van der Waals surface area contributed by atoms with Gasteiger partial charge in [-0.15, -0.1) is 0 Å². The molecule has 0 fully saturated rings. The molecule has 2 aromatic rings. The SMILES string of the molecule is CN1Cc2cc(NC(=O)c3cccc(N(C)C)c3)ccc2NC1=O. The van der Waals surface area contributed by atoms with Crippen LogP contribution in [0.15, 0.2) is 42.5 Å². The average molecular weight is 324 g/mol. The first-order chi connectivity index (χ1) is 11.4. The van der Waals surface area contributed by atoms with E-state index >= 15 is 0 Å². The summed E-state index contributed by atoms with van der Waals surface area (Å²) in [6.07, 6.45) is 0. The van der Waals surface area contributed by atoms with E-state index in [1.807, 2.05) is 49.3 Å². The smallest absolute Gasteiger partial charge is 0.321 e. The first-order valence-corrected chi connectivity index (χ1v) is 7.68. The first-order valence-electron chi connectivity index (χ1n) is 7.68. The van der Waals surface area contributed by atoms with E-state index in [-0.39, 0.29) is 11.9 Å². The normalized spacial score (nSPS) is 13.1. The van der Waals surface area contributed by atoms with Gasteiger partial charge in [-0.3, -0.25) is 4.79 Å². The van der Waals surface area contributed by atoms with Gasteiger partial charge in [0.2, 0.25) is 0 Å². The maximum atomic E-state index is 12.5. The highest BCUT2D eigenvalue weighted by atomic mass is 16.2. The van der Waals surface area contributed by atoms with E-state index in [1.165, 1.54) is 0 Å². The summed E-state index contributed by atoms with van der Waals surface area (Å²) in [6.45, 7) is 0.515. The van der Waals surface area contributed by atoms with Gasteiger partial charge in [0.1, 0.15) is 0 Å². The number of nitrogens with zero attached hydrogens (tertiary/aromatic N) is 2. The first kappa shape index (κ1) is 15.9. The van der Waals surface area contributed by atoms with Crippen molar-refractivity contribution in [2.24, 2.45) is 0 Å². The Morgan fingerprint density at radius 1 is 1.21 bits per heavy atom. The predicted molar refractivity (Wildman–Crippen MR) is 95.6 cm³/mol. The monoisotopic (exact) mass is 324 g/mol. The van der Waals surface area contributed by atoms with Crippen molar-refractivity contribution in [2.75, 3.05) is 36.7 Å². The van der Waals surface area contributed by atoms with Crippen molar-refractivity contribution in [3.63, 3.8) is 0 Å². The van der Waals surface area contributed by atoms with Gasteiger partial charge in [-0.2, -0.15) is 0 Å². The Labute approximate surface area is 141 Å². The van der Waals surface area contributed by atoms with Crippen molar-refractivity contribution in [1.29, 1.82) is 0 Å². The minimum absolute atomic E-state index is 0.125. The minimum atomic E-state index is -0.160. The molecule has 0 saturated carbocycles. The second-order valence-corrected chi connectivity index (χ2v) is 6.06. The molecule has 1 aliphatic heterocycles. The molecule has 0 radical (unpaired) electrons. The predicted octanol–water partition coefficient (Wildman–Crippen LogP) is 2.98. The molecule has 124 valence electrons. The molecule has 6 nitrogen and oxygen atoms in total. The number of benzene rings is 2. The lowest BCUT2D eigenvalue weighted by Gasteiger charge is -2.26. The van der Waals surface area contributed by atoms with Crippen molar-refractivity contribution >= 4 is 29.0 Å². The average Bonchev–Trinajstić information content (AvgIpc) is 2.56. The summed E-state index contributed by atoms with van der Waals surface area (Å²) in [7, 11) is 5.60. The Morgan fingerprint density at radius 2 is 2.00 bits per heavy atom. The van der Waals surface area contributed by atoms with Crippen LogP contribution in [0.5, 0.6) is 0 Å². The van der Waals surface area contributed by atoms with Gasteiger partial charge in [0.15, 0.2) is 0 Å². The van der Waals surface area contributed by atoms with E-state index in [9.17, 15) is 9.59 Å². The molecule has 0 aliphatic carbocycles. The summed E-state index contributed by atoms with van der Waals surface area (Å²) in [5, 5.41) is 5.72. The molecule has 24 heavy (non-hydrogen) atoms. The number of nitrogens with one attached hydrogen (secondary N) is 2. The summed E-state index contributed by atoms with van der Waals surface area (Å²) >= 11 is 0. The van der Waals surface area contributed by atoms with Crippen LogP contribution in [0.2, 0.25) is 0 Å². The van der Waals surface area contributed by atoms with Crippen LogP contribution in [0.4, 0.5) is 21.9 Å². The van der Waals surface area contributed by atoms with E-state index in [0.29, 0.717) is 17.8 Å². The van der Waals surface area contributed by atoms with Crippen LogP contribution in [-0.4, -0.2) is 38.0 Å². The van der Waals surface area contributed by atoms with E-state index in [0.717, 1.165) is 16.9 Å². The number of fused-ring (bicyclic) bond motifs is 1. The molecule has 2 aromatic carbocycles. The van der Waals surface area contributed by atoms with Gasteiger partial charge in [-0.1, -0.05) is 6.07 Å². The van der Waals surface area contributed by atoms with Gasteiger partial charge in [0.05, 0.1) is 0 Å². The number of rotatable bonds is 3. The van der Waals surface area contributed by atoms with Gasteiger partial charge in [0.25, 0.3) is 5.91 Å². The number of hydrogen-bond donors (Lipinski definition) is 2. The van der Waals surface area contributed by atoms with Gasteiger partial charge in [0, 0.05) is 50.3 Å². The van der Waals surface area contributed by atoms with Crippen LogP contribution in [0, 0.1) is 0 Å². The molecule has 0 unspecified atom stereocenters. The van der Waals surface area contributed by atoms with E-state index in [2.05, 4.69) is 10.6 Å². The highest BCUT2D eigenvalue weighted by Gasteiger charge is 2.19. The third-order valence-corrected chi connectivity index (χ3v) is 3.98. The lowest BCUT2D eigenvalue weighted by Crippen LogP contribution is -2.35. The molecule has 3 rings (SSSR count). The van der Waals surface area contributed by atoms with Gasteiger partial charge in [-0.05, 0) is 42.0 Å². The zero-order chi connectivity index (χ0) is 17.3. The number of urea groups is 1.